The third-order valence-corrected chi connectivity index (χ3v) is 6.98. The van der Waals surface area contributed by atoms with Crippen LogP contribution in [0.3, 0.4) is 0 Å². The molecule has 1 aliphatic rings. The predicted octanol–water partition coefficient (Wildman–Crippen LogP) is 4.52. The van der Waals surface area contributed by atoms with Crippen molar-refractivity contribution in [1.29, 1.82) is 0 Å². The molecule has 0 saturated carbocycles. The number of aliphatic hydroxyl groups excluding tert-OH is 1. The van der Waals surface area contributed by atoms with Gasteiger partial charge in [0.2, 0.25) is 5.91 Å². The molecule has 3 rings (SSSR count). The molecular formula is C26H36N2O3S. The zero-order valence-corrected chi connectivity index (χ0v) is 20.4. The van der Waals surface area contributed by atoms with Crippen LogP contribution in [-0.2, 0) is 11.2 Å². The molecule has 1 aromatic heterocycles. The number of aryl methyl sites for hydroxylation is 2. The van der Waals surface area contributed by atoms with Gasteiger partial charge in [-0.25, -0.2) is 0 Å². The quantitative estimate of drug-likeness (QED) is 0.505. The first kappa shape index (κ1) is 24.5. The van der Waals surface area contributed by atoms with Crippen LogP contribution in [0.2, 0.25) is 0 Å². The summed E-state index contributed by atoms with van der Waals surface area (Å²) in [5, 5.41) is 12.4. The Balaban J connectivity index is 1.74. The van der Waals surface area contributed by atoms with Gasteiger partial charge in [0.05, 0.1) is 18.7 Å². The number of aliphatic hydroxyl groups is 1. The molecule has 2 unspecified atom stereocenters. The van der Waals surface area contributed by atoms with Crippen LogP contribution in [0.5, 0.6) is 5.75 Å². The van der Waals surface area contributed by atoms with E-state index in [1.54, 1.807) is 17.4 Å². The molecular weight excluding hydrogens is 420 g/mol. The van der Waals surface area contributed by atoms with Crippen LogP contribution in [0.4, 0.5) is 0 Å². The molecule has 2 heterocycles. The number of benzene rings is 1. The molecule has 174 valence electrons. The minimum Gasteiger partial charge on any atom is -0.491 e. The zero-order valence-electron chi connectivity index (χ0n) is 19.5. The van der Waals surface area contributed by atoms with Crippen molar-refractivity contribution in [2.24, 2.45) is 0 Å². The molecule has 1 amide bonds. The maximum atomic E-state index is 13.4. The van der Waals surface area contributed by atoms with E-state index in [1.807, 2.05) is 15.9 Å². The first-order chi connectivity index (χ1) is 15.4. The molecule has 2 atom stereocenters. The minimum atomic E-state index is -0.429. The zero-order chi connectivity index (χ0) is 23.1. The van der Waals surface area contributed by atoms with Crippen LogP contribution in [0, 0.1) is 13.8 Å². The number of thiophene rings is 1. The largest absolute Gasteiger partial charge is 0.491 e. The van der Waals surface area contributed by atoms with Crippen molar-refractivity contribution in [3.05, 3.63) is 63.9 Å². The van der Waals surface area contributed by atoms with E-state index in [1.165, 1.54) is 16.0 Å². The topological polar surface area (TPSA) is 53.0 Å². The number of nitrogens with zero attached hydrogens (tertiary/aromatic N) is 2. The van der Waals surface area contributed by atoms with Crippen molar-refractivity contribution in [3.8, 4) is 5.75 Å². The average Bonchev–Trinajstić information content (AvgIpc) is 3.22. The van der Waals surface area contributed by atoms with E-state index in [0.717, 1.165) is 30.6 Å². The molecule has 0 saturated heterocycles. The monoisotopic (exact) mass is 456 g/mol. The standard InChI is InChI=1S/C26H36N2O3S/c1-5-7-21(29)16-27(12-6-2)17-26(30)28-13-10-25-22(11-14-32-25)23(28)18-31-24-9-8-19(3)15-20(24)4/h6,8-9,11,14-15,21,23,29H,2,5,7,10,12-13,16-18H2,1,3-4H3. The highest BCUT2D eigenvalue weighted by atomic mass is 32.1. The van der Waals surface area contributed by atoms with Crippen LogP contribution < -0.4 is 4.74 Å². The summed E-state index contributed by atoms with van der Waals surface area (Å²) in [6, 6.07) is 8.20. The molecule has 0 fully saturated rings. The molecule has 5 nitrogen and oxygen atoms in total. The van der Waals surface area contributed by atoms with Gasteiger partial charge in [-0.15, -0.1) is 17.9 Å². The van der Waals surface area contributed by atoms with E-state index in [9.17, 15) is 9.90 Å². The van der Waals surface area contributed by atoms with Crippen molar-refractivity contribution in [2.45, 2.75) is 52.2 Å². The fraction of sp³-hybridized carbons (Fsp3) is 0.500. The van der Waals surface area contributed by atoms with E-state index in [-0.39, 0.29) is 18.5 Å². The second-order valence-corrected chi connectivity index (χ2v) is 9.66. The van der Waals surface area contributed by atoms with Gasteiger partial charge in [0.25, 0.3) is 0 Å². The van der Waals surface area contributed by atoms with Crippen molar-refractivity contribution < 1.29 is 14.6 Å². The molecule has 0 bridgehead atoms. The van der Waals surface area contributed by atoms with Gasteiger partial charge in [-0.3, -0.25) is 9.69 Å². The fourth-order valence-corrected chi connectivity index (χ4v) is 5.32. The minimum absolute atomic E-state index is 0.0710. The van der Waals surface area contributed by atoms with Gasteiger partial charge in [-0.1, -0.05) is 37.1 Å². The Kier molecular flexibility index (Phi) is 8.91. The summed E-state index contributed by atoms with van der Waals surface area (Å²) in [6.07, 6.45) is 3.89. The molecule has 32 heavy (non-hydrogen) atoms. The van der Waals surface area contributed by atoms with Crippen molar-refractivity contribution in [2.75, 3.05) is 32.8 Å². The Bertz CT molecular complexity index is 910. The number of hydrogen-bond donors (Lipinski definition) is 1. The summed E-state index contributed by atoms with van der Waals surface area (Å²) in [4.78, 5) is 18.7. The summed E-state index contributed by atoms with van der Waals surface area (Å²) < 4.78 is 6.23. The third kappa shape index (κ3) is 6.21. The lowest BCUT2D eigenvalue weighted by Gasteiger charge is -2.37. The Morgan fingerprint density at radius 3 is 2.94 bits per heavy atom. The molecule has 2 aromatic rings. The Hall–Kier alpha value is -2.15. The van der Waals surface area contributed by atoms with Crippen molar-refractivity contribution >= 4 is 17.2 Å². The van der Waals surface area contributed by atoms with Gasteiger partial charge in [0.1, 0.15) is 12.4 Å². The lowest BCUT2D eigenvalue weighted by atomic mass is 10.00. The molecule has 0 radical (unpaired) electrons. The highest BCUT2D eigenvalue weighted by molar-refractivity contribution is 7.10. The van der Waals surface area contributed by atoms with Crippen molar-refractivity contribution in [1.82, 2.24) is 9.80 Å². The number of rotatable bonds is 11. The summed E-state index contributed by atoms with van der Waals surface area (Å²) in [5.74, 6) is 0.933. The summed E-state index contributed by atoms with van der Waals surface area (Å²) in [7, 11) is 0. The molecule has 0 aliphatic carbocycles. The Labute approximate surface area is 196 Å². The summed E-state index contributed by atoms with van der Waals surface area (Å²) >= 11 is 1.76. The van der Waals surface area contributed by atoms with E-state index < -0.39 is 6.10 Å². The number of amides is 1. The van der Waals surface area contributed by atoms with Crippen LogP contribution >= 0.6 is 11.3 Å². The first-order valence-corrected chi connectivity index (χ1v) is 12.4. The molecule has 1 aromatic carbocycles. The van der Waals surface area contributed by atoms with Gasteiger partial charge >= 0.3 is 0 Å². The van der Waals surface area contributed by atoms with Crippen LogP contribution in [0.25, 0.3) is 0 Å². The number of carbonyl (C=O) groups is 1. The van der Waals surface area contributed by atoms with E-state index >= 15 is 0 Å². The van der Waals surface area contributed by atoms with Crippen LogP contribution in [0.1, 0.15) is 47.4 Å². The van der Waals surface area contributed by atoms with Crippen LogP contribution in [-0.4, -0.2) is 59.7 Å². The van der Waals surface area contributed by atoms with E-state index in [4.69, 9.17) is 4.74 Å². The second-order valence-electron chi connectivity index (χ2n) is 8.66. The predicted molar refractivity (Wildman–Crippen MR) is 131 cm³/mol. The van der Waals surface area contributed by atoms with Gasteiger partial charge in [-0.2, -0.15) is 0 Å². The van der Waals surface area contributed by atoms with Crippen LogP contribution in [0.15, 0.2) is 42.3 Å². The van der Waals surface area contributed by atoms with Gasteiger partial charge in [0, 0.05) is 24.5 Å². The SMILES string of the molecule is C=CCN(CC(=O)N1CCc2sccc2C1COc1ccc(C)cc1C)CC(O)CCC. The number of ether oxygens (including phenoxy) is 1. The lowest BCUT2D eigenvalue weighted by Crippen LogP contribution is -2.47. The van der Waals surface area contributed by atoms with Gasteiger partial charge < -0.3 is 14.7 Å². The average molecular weight is 457 g/mol. The van der Waals surface area contributed by atoms with Gasteiger partial charge in [0.15, 0.2) is 0 Å². The fourth-order valence-electron chi connectivity index (χ4n) is 4.40. The van der Waals surface area contributed by atoms with E-state index in [2.05, 4.69) is 50.9 Å². The summed E-state index contributed by atoms with van der Waals surface area (Å²) in [6.45, 7) is 12.4. The Morgan fingerprint density at radius 1 is 1.41 bits per heavy atom. The lowest BCUT2D eigenvalue weighted by molar-refractivity contribution is -0.136. The third-order valence-electron chi connectivity index (χ3n) is 5.98. The summed E-state index contributed by atoms with van der Waals surface area (Å²) in [5.41, 5.74) is 3.50. The smallest absolute Gasteiger partial charge is 0.237 e. The highest BCUT2D eigenvalue weighted by Crippen LogP contribution is 2.34. The van der Waals surface area contributed by atoms with Crippen molar-refractivity contribution in [3.63, 3.8) is 0 Å². The molecule has 1 aliphatic heterocycles. The maximum Gasteiger partial charge on any atom is 0.237 e. The number of hydrogen-bond acceptors (Lipinski definition) is 5. The molecule has 6 heteroatoms. The number of fused-ring (bicyclic) bond motifs is 1. The Morgan fingerprint density at radius 2 is 2.22 bits per heavy atom. The first-order valence-electron chi connectivity index (χ1n) is 11.5. The molecule has 0 spiro atoms. The van der Waals surface area contributed by atoms with E-state index in [0.29, 0.717) is 26.2 Å². The molecule has 1 N–H and O–H groups in total. The maximum absolute atomic E-state index is 13.4. The van der Waals surface area contributed by atoms with Gasteiger partial charge in [-0.05, 0) is 55.3 Å². The highest BCUT2D eigenvalue weighted by Gasteiger charge is 2.33. The number of carbonyl (C=O) groups excluding carboxylic acids is 1. The second kappa shape index (κ2) is 11.6. The normalized spacial score (nSPS) is 16.7.